The van der Waals surface area contributed by atoms with Gasteiger partial charge in [-0.05, 0) is 30.7 Å². The molecule has 0 heterocycles. The molecule has 2 N–H and O–H groups in total. The Balaban J connectivity index is 2.43. The third-order valence-electron chi connectivity index (χ3n) is 4.98. The second-order valence-electron chi connectivity index (χ2n) is 6.60. The summed E-state index contributed by atoms with van der Waals surface area (Å²) in [4.78, 5) is 12.4. The van der Waals surface area contributed by atoms with E-state index in [1.54, 1.807) is 0 Å². The number of carbonyl (C=O) groups excluding carboxylic acids is 1. The molecular formula is C17H33NO. The van der Waals surface area contributed by atoms with E-state index in [4.69, 9.17) is 5.73 Å². The van der Waals surface area contributed by atoms with Crippen LogP contribution in [-0.2, 0) is 4.79 Å². The third-order valence-corrected chi connectivity index (χ3v) is 4.98. The Labute approximate surface area is 119 Å². The minimum absolute atomic E-state index is 0.151. The van der Waals surface area contributed by atoms with Gasteiger partial charge in [0.1, 0.15) is 5.78 Å². The average molecular weight is 267 g/mol. The highest BCUT2D eigenvalue weighted by molar-refractivity contribution is 5.79. The maximum absolute atomic E-state index is 12.4. The predicted molar refractivity (Wildman–Crippen MR) is 82.1 cm³/mol. The summed E-state index contributed by atoms with van der Waals surface area (Å²) in [5, 5.41) is 0. The van der Waals surface area contributed by atoms with E-state index in [1.807, 2.05) is 0 Å². The van der Waals surface area contributed by atoms with Gasteiger partial charge < -0.3 is 5.73 Å². The zero-order valence-corrected chi connectivity index (χ0v) is 13.0. The smallest absolute Gasteiger partial charge is 0.133 e. The highest BCUT2D eigenvalue weighted by atomic mass is 16.1. The fraction of sp³-hybridized carbons (Fsp3) is 0.941. The van der Waals surface area contributed by atoms with Crippen molar-refractivity contribution in [2.45, 2.75) is 84.5 Å². The molecule has 2 nitrogen and oxygen atoms in total. The molecule has 0 aliphatic heterocycles. The zero-order chi connectivity index (χ0) is 14.1. The molecule has 0 aromatic carbocycles. The Hall–Kier alpha value is -0.370. The van der Waals surface area contributed by atoms with Gasteiger partial charge in [-0.3, -0.25) is 4.79 Å². The minimum atomic E-state index is 0.151. The summed E-state index contributed by atoms with van der Waals surface area (Å²) >= 11 is 0. The van der Waals surface area contributed by atoms with E-state index in [9.17, 15) is 4.79 Å². The van der Waals surface area contributed by atoms with Gasteiger partial charge in [0.05, 0.1) is 0 Å². The molecule has 1 aliphatic rings. The number of Topliss-reactive ketones (excluding diaryl/α,β-unsaturated/α-hetero) is 1. The second-order valence-corrected chi connectivity index (χ2v) is 6.60. The van der Waals surface area contributed by atoms with Crippen molar-refractivity contribution >= 4 is 5.78 Å². The van der Waals surface area contributed by atoms with Crippen LogP contribution in [0.3, 0.4) is 0 Å². The molecule has 0 spiro atoms. The van der Waals surface area contributed by atoms with Gasteiger partial charge in [-0.1, -0.05) is 58.8 Å². The molecule has 1 aliphatic carbocycles. The molecule has 0 aromatic heterocycles. The van der Waals surface area contributed by atoms with Crippen molar-refractivity contribution in [1.29, 1.82) is 0 Å². The minimum Gasteiger partial charge on any atom is -0.330 e. The van der Waals surface area contributed by atoms with E-state index in [0.29, 0.717) is 18.2 Å². The summed E-state index contributed by atoms with van der Waals surface area (Å²) in [5.74, 6) is 1.07. The van der Waals surface area contributed by atoms with Crippen molar-refractivity contribution in [1.82, 2.24) is 0 Å². The van der Waals surface area contributed by atoms with Crippen LogP contribution in [0, 0.1) is 11.3 Å². The van der Waals surface area contributed by atoms with Gasteiger partial charge in [-0.15, -0.1) is 0 Å². The van der Waals surface area contributed by atoms with Crippen LogP contribution in [0.15, 0.2) is 0 Å². The van der Waals surface area contributed by atoms with Crippen molar-refractivity contribution in [2.24, 2.45) is 17.1 Å². The van der Waals surface area contributed by atoms with Crippen molar-refractivity contribution in [3.8, 4) is 0 Å². The topological polar surface area (TPSA) is 43.1 Å². The molecule has 0 amide bonds. The Morgan fingerprint density at radius 3 is 2.42 bits per heavy atom. The van der Waals surface area contributed by atoms with Crippen LogP contribution in [-0.4, -0.2) is 12.3 Å². The third kappa shape index (κ3) is 5.64. The van der Waals surface area contributed by atoms with Crippen LogP contribution in [0.5, 0.6) is 0 Å². The van der Waals surface area contributed by atoms with Crippen LogP contribution in [0.2, 0.25) is 0 Å². The van der Waals surface area contributed by atoms with Gasteiger partial charge in [-0.2, -0.15) is 0 Å². The van der Waals surface area contributed by atoms with Gasteiger partial charge in [0.15, 0.2) is 0 Å². The standard InChI is InChI=1S/C17H33NO/c1-3-5-9-15(4-2)12-16(19)13-17(14-18)10-7-6-8-11-17/h15H,3-14,18H2,1-2H3. The van der Waals surface area contributed by atoms with E-state index in [0.717, 1.165) is 19.3 Å². The van der Waals surface area contributed by atoms with Crippen molar-refractivity contribution in [3.05, 3.63) is 0 Å². The van der Waals surface area contributed by atoms with Crippen LogP contribution < -0.4 is 5.73 Å². The van der Waals surface area contributed by atoms with Crippen molar-refractivity contribution in [3.63, 3.8) is 0 Å². The number of hydrogen-bond donors (Lipinski definition) is 1. The van der Waals surface area contributed by atoms with E-state index in [1.165, 1.54) is 51.4 Å². The molecule has 0 aromatic rings. The summed E-state index contributed by atoms with van der Waals surface area (Å²) in [5.41, 5.74) is 6.13. The quantitative estimate of drug-likeness (QED) is 0.670. The largest absolute Gasteiger partial charge is 0.330 e. The van der Waals surface area contributed by atoms with Crippen LogP contribution >= 0.6 is 0 Å². The number of nitrogens with two attached hydrogens (primary N) is 1. The molecular weight excluding hydrogens is 234 g/mol. The van der Waals surface area contributed by atoms with Crippen LogP contribution in [0.1, 0.15) is 84.5 Å². The van der Waals surface area contributed by atoms with E-state index in [-0.39, 0.29) is 5.41 Å². The summed E-state index contributed by atoms with van der Waals surface area (Å²) < 4.78 is 0. The molecule has 1 saturated carbocycles. The van der Waals surface area contributed by atoms with E-state index in [2.05, 4.69) is 13.8 Å². The lowest BCUT2D eigenvalue weighted by Crippen LogP contribution is -2.35. The molecule has 1 fully saturated rings. The second kappa shape index (κ2) is 8.73. The summed E-state index contributed by atoms with van der Waals surface area (Å²) in [6, 6.07) is 0. The number of unbranched alkanes of at least 4 members (excludes halogenated alkanes) is 1. The molecule has 1 atom stereocenters. The van der Waals surface area contributed by atoms with Gasteiger partial charge in [-0.25, -0.2) is 0 Å². The van der Waals surface area contributed by atoms with Crippen LogP contribution in [0.4, 0.5) is 0 Å². The molecule has 1 rings (SSSR count). The maximum Gasteiger partial charge on any atom is 0.133 e. The van der Waals surface area contributed by atoms with Gasteiger partial charge in [0.25, 0.3) is 0 Å². The molecule has 0 bridgehead atoms. The first-order valence-corrected chi connectivity index (χ1v) is 8.37. The number of carbonyl (C=O) groups is 1. The molecule has 0 radical (unpaired) electrons. The number of rotatable bonds is 9. The van der Waals surface area contributed by atoms with Crippen LogP contribution in [0.25, 0.3) is 0 Å². The summed E-state index contributed by atoms with van der Waals surface area (Å²) in [6.45, 7) is 5.14. The van der Waals surface area contributed by atoms with Crippen molar-refractivity contribution in [2.75, 3.05) is 6.54 Å². The first-order valence-electron chi connectivity index (χ1n) is 8.37. The molecule has 2 heteroatoms. The normalized spacial score (nSPS) is 20.2. The number of hydrogen-bond acceptors (Lipinski definition) is 2. The monoisotopic (exact) mass is 267 g/mol. The average Bonchev–Trinajstić information content (AvgIpc) is 2.44. The fourth-order valence-electron chi connectivity index (χ4n) is 3.51. The number of ketones is 1. The lowest BCUT2D eigenvalue weighted by atomic mass is 9.70. The lowest BCUT2D eigenvalue weighted by molar-refractivity contribution is -0.122. The molecule has 19 heavy (non-hydrogen) atoms. The molecule has 1 unspecified atom stereocenters. The highest BCUT2D eigenvalue weighted by Crippen LogP contribution is 2.39. The Kier molecular flexibility index (Phi) is 7.67. The summed E-state index contributed by atoms with van der Waals surface area (Å²) in [7, 11) is 0. The molecule has 112 valence electrons. The first kappa shape index (κ1) is 16.7. The Bertz CT molecular complexity index is 256. The van der Waals surface area contributed by atoms with E-state index >= 15 is 0 Å². The lowest BCUT2D eigenvalue weighted by Gasteiger charge is -2.36. The Morgan fingerprint density at radius 2 is 1.89 bits per heavy atom. The first-order chi connectivity index (χ1) is 9.15. The maximum atomic E-state index is 12.4. The summed E-state index contributed by atoms with van der Waals surface area (Å²) in [6.07, 6.45) is 12.6. The Morgan fingerprint density at radius 1 is 1.21 bits per heavy atom. The zero-order valence-electron chi connectivity index (χ0n) is 13.0. The fourth-order valence-corrected chi connectivity index (χ4v) is 3.51. The van der Waals surface area contributed by atoms with Crippen molar-refractivity contribution < 1.29 is 4.79 Å². The predicted octanol–water partition coefficient (Wildman–Crippen LogP) is 4.46. The van der Waals surface area contributed by atoms with E-state index < -0.39 is 0 Å². The van der Waals surface area contributed by atoms with Gasteiger partial charge in [0, 0.05) is 12.8 Å². The highest BCUT2D eigenvalue weighted by Gasteiger charge is 2.33. The molecule has 0 saturated heterocycles. The van der Waals surface area contributed by atoms with Gasteiger partial charge >= 0.3 is 0 Å². The van der Waals surface area contributed by atoms with Gasteiger partial charge in [0.2, 0.25) is 0 Å². The SMILES string of the molecule is CCCCC(CC)CC(=O)CC1(CN)CCCCC1.